The highest BCUT2D eigenvalue weighted by molar-refractivity contribution is 9.11. The Morgan fingerprint density at radius 3 is 2.42 bits per heavy atom. The SMILES string of the molecule is COc1ccc(CC(=O)N/N=C\c2cc(Br)c(OCc3ccccc3Cl)c(Br)c2)cc1. The van der Waals surface area contributed by atoms with Crippen molar-refractivity contribution in [2.24, 2.45) is 5.10 Å². The summed E-state index contributed by atoms with van der Waals surface area (Å²) in [4.78, 5) is 12.1. The maximum absolute atomic E-state index is 12.1. The number of nitrogens with zero attached hydrogens (tertiary/aromatic N) is 1. The van der Waals surface area contributed by atoms with Gasteiger partial charge in [0.1, 0.15) is 18.1 Å². The Labute approximate surface area is 202 Å². The molecule has 3 aromatic rings. The Hall–Kier alpha value is -2.35. The van der Waals surface area contributed by atoms with Crippen LogP contribution in [0, 0.1) is 0 Å². The lowest BCUT2D eigenvalue weighted by molar-refractivity contribution is -0.120. The van der Waals surface area contributed by atoms with Gasteiger partial charge in [0, 0.05) is 10.6 Å². The zero-order chi connectivity index (χ0) is 22.2. The van der Waals surface area contributed by atoms with E-state index in [9.17, 15) is 4.79 Å². The molecule has 0 aromatic heterocycles. The summed E-state index contributed by atoms with van der Waals surface area (Å²) in [6.07, 6.45) is 1.79. The first-order valence-electron chi connectivity index (χ1n) is 9.26. The van der Waals surface area contributed by atoms with E-state index in [0.717, 1.165) is 31.4 Å². The molecular formula is C23H19Br2ClN2O3. The molecule has 0 bridgehead atoms. The molecule has 0 radical (unpaired) electrons. The molecule has 31 heavy (non-hydrogen) atoms. The van der Waals surface area contributed by atoms with Gasteiger partial charge < -0.3 is 9.47 Å². The number of hydrogen-bond acceptors (Lipinski definition) is 4. The van der Waals surface area contributed by atoms with E-state index in [1.54, 1.807) is 13.3 Å². The van der Waals surface area contributed by atoms with Gasteiger partial charge in [-0.1, -0.05) is 41.9 Å². The molecule has 5 nitrogen and oxygen atoms in total. The average molecular weight is 567 g/mol. The van der Waals surface area contributed by atoms with Crippen LogP contribution in [0.25, 0.3) is 0 Å². The second-order valence-corrected chi connectivity index (χ2v) is 8.63. The van der Waals surface area contributed by atoms with Crippen LogP contribution >= 0.6 is 43.5 Å². The van der Waals surface area contributed by atoms with E-state index in [4.69, 9.17) is 21.1 Å². The number of benzene rings is 3. The van der Waals surface area contributed by atoms with E-state index < -0.39 is 0 Å². The van der Waals surface area contributed by atoms with Gasteiger partial charge in [-0.3, -0.25) is 4.79 Å². The van der Waals surface area contributed by atoms with Crippen molar-refractivity contribution in [2.75, 3.05) is 7.11 Å². The van der Waals surface area contributed by atoms with Crippen molar-refractivity contribution < 1.29 is 14.3 Å². The minimum Gasteiger partial charge on any atom is -0.497 e. The molecule has 1 amide bonds. The van der Waals surface area contributed by atoms with Gasteiger partial charge in [0.05, 0.1) is 28.7 Å². The third-order valence-corrected chi connectivity index (χ3v) is 5.82. The maximum atomic E-state index is 12.1. The second kappa shape index (κ2) is 11.3. The van der Waals surface area contributed by atoms with E-state index in [1.807, 2.05) is 60.7 Å². The summed E-state index contributed by atoms with van der Waals surface area (Å²) in [7, 11) is 1.60. The van der Waals surface area contributed by atoms with Crippen molar-refractivity contribution >= 4 is 55.6 Å². The Kier molecular flexibility index (Phi) is 8.51. The van der Waals surface area contributed by atoms with Crippen LogP contribution in [0.4, 0.5) is 0 Å². The van der Waals surface area contributed by atoms with Gasteiger partial charge in [0.2, 0.25) is 5.91 Å². The number of rotatable bonds is 8. The molecule has 0 spiro atoms. The molecule has 0 atom stereocenters. The molecular weight excluding hydrogens is 548 g/mol. The lowest BCUT2D eigenvalue weighted by atomic mass is 10.1. The summed E-state index contributed by atoms with van der Waals surface area (Å²) in [5, 5.41) is 4.70. The Balaban J connectivity index is 1.58. The van der Waals surface area contributed by atoms with Crippen molar-refractivity contribution in [3.8, 4) is 11.5 Å². The van der Waals surface area contributed by atoms with Gasteiger partial charge in [0.25, 0.3) is 0 Å². The van der Waals surface area contributed by atoms with Crippen molar-refractivity contribution in [1.29, 1.82) is 0 Å². The molecule has 3 aromatic carbocycles. The average Bonchev–Trinajstić information content (AvgIpc) is 2.75. The summed E-state index contributed by atoms with van der Waals surface area (Å²) >= 11 is 13.2. The van der Waals surface area contributed by atoms with Crippen molar-refractivity contribution in [1.82, 2.24) is 5.43 Å². The molecule has 0 aliphatic heterocycles. The molecule has 0 saturated carbocycles. The molecule has 0 aliphatic rings. The Bertz CT molecular complexity index is 1070. The molecule has 8 heteroatoms. The highest BCUT2D eigenvalue weighted by Gasteiger charge is 2.10. The standard InChI is InChI=1S/C23H19Br2ClN2O3/c1-30-18-8-6-15(7-9-18)12-22(29)28-27-13-16-10-19(24)23(20(25)11-16)31-14-17-4-2-3-5-21(17)26/h2-11,13H,12,14H2,1H3,(H,28,29)/b27-13-. The van der Waals surface area contributed by atoms with Crippen LogP contribution in [0.5, 0.6) is 11.5 Å². The topological polar surface area (TPSA) is 59.9 Å². The quantitative estimate of drug-likeness (QED) is 0.263. The number of methoxy groups -OCH3 is 1. The summed E-state index contributed by atoms with van der Waals surface area (Å²) < 4.78 is 12.5. The largest absolute Gasteiger partial charge is 0.497 e. The predicted molar refractivity (Wildman–Crippen MR) is 130 cm³/mol. The smallest absolute Gasteiger partial charge is 0.244 e. The van der Waals surface area contributed by atoms with E-state index in [1.165, 1.54) is 0 Å². The van der Waals surface area contributed by atoms with Gasteiger partial charge in [-0.05, 0) is 73.3 Å². The number of ether oxygens (including phenoxy) is 2. The lowest BCUT2D eigenvalue weighted by Gasteiger charge is -2.12. The normalized spacial score (nSPS) is 10.8. The summed E-state index contributed by atoms with van der Waals surface area (Å²) in [5.41, 5.74) is 5.09. The first kappa shape index (κ1) is 23.3. The molecule has 0 fully saturated rings. The summed E-state index contributed by atoms with van der Waals surface area (Å²) in [6.45, 7) is 0.339. The Morgan fingerprint density at radius 1 is 1.10 bits per heavy atom. The van der Waals surface area contributed by atoms with Crippen LogP contribution in [0.3, 0.4) is 0 Å². The Morgan fingerprint density at radius 2 is 1.77 bits per heavy atom. The number of amides is 1. The molecule has 160 valence electrons. The fourth-order valence-electron chi connectivity index (χ4n) is 2.70. The van der Waals surface area contributed by atoms with Gasteiger partial charge in [-0.15, -0.1) is 0 Å². The third kappa shape index (κ3) is 6.82. The summed E-state index contributed by atoms with van der Waals surface area (Å²) in [5.74, 6) is 1.19. The minimum absolute atomic E-state index is 0.209. The second-order valence-electron chi connectivity index (χ2n) is 6.51. The number of nitrogens with one attached hydrogen (secondary N) is 1. The van der Waals surface area contributed by atoms with E-state index in [0.29, 0.717) is 17.4 Å². The minimum atomic E-state index is -0.209. The maximum Gasteiger partial charge on any atom is 0.244 e. The van der Waals surface area contributed by atoms with Crippen LogP contribution in [0.1, 0.15) is 16.7 Å². The molecule has 0 aliphatic carbocycles. The van der Waals surface area contributed by atoms with Crippen LogP contribution in [-0.4, -0.2) is 19.2 Å². The van der Waals surface area contributed by atoms with Crippen LogP contribution < -0.4 is 14.9 Å². The predicted octanol–water partition coefficient (Wildman–Crippen LogP) is 6.15. The number of halogens is 3. The van der Waals surface area contributed by atoms with Gasteiger partial charge >= 0.3 is 0 Å². The zero-order valence-corrected chi connectivity index (χ0v) is 20.5. The van der Waals surface area contributed by atoms with Gasteiger partial charge in [-0.2, -0.15) is 5.10 Å². The summed E-state index contributed by atoms with van der Waals surface area (Å²) in [6, 6.07) is 18.6. The van der Waals surface area contributed by atoms with Crippen molar-refractivity contribution in [3.63, 3.8) is 0 Å². The van der Waals surface area contributed by atoms with Gasteiger partial charge in [-0.25, -0.2) is 5.43 Å². The number of hydrazone groups is 1. The fourth-order valence-corrected chi connectivity index (χ4v) is 4.35. The molecule has 0 saturated heterocycles. The monoisotopic (exact) mass is 564 g/mol. The van der Waals surface area contributed by atoms with E-state index in [-0.39, 0.29) is 12.3 Å². The van der Waals surface area contributed by atoms with E-state index in [2.05, 4.69) is 42.4 Å². The van der Waals surface area contributed by atoms with Crippen molar-refractivity contribution in [2.45, 2.75) is 13.0 Å². The molecule has 0 heterocycles. The van der Waals surface area contributed by atoms with Crippen molar-refractivity contribution in [3.05, 3.63) is 91.3 Å². The molecule has 1 N–H and O–H groups in total. The number of hydrogen-bond donors (Lipinski definition) is 1. The fraction of sp³-hybridized carbons (Fsp3) is 0.130. The first-order valence-corrected chi connectivity index (χ1v) is 11.2. The van der Waals surface area contributed by atoms with Crippen LogP contribution in [-0.2, 0) is 17.8 Å². The van der Waals surface area contributed by atoms with Gasteiger partial charge in [0.15, 0.2) is 0 Å². The number of carbonyl (C=O) groups excluding carboxylic acids is 1. The first-order chi connectivity index (χ1) is 15.0. The molecule has 0 unspecified atom stereocenters. The zero-order valence-electron chi connectivity index (χ0n) is 16.6. The number of carbonyl (C=O) groups is 1. The molecule has 3 rings (SSSR count). The third-order valence-electron chi connectivity index (χ3n) is 4.28. The highest BCUT2D eigenvalue weighted by atomic mass is 79.9. The van der Waals surface area contributed by atoms with Crippen LogP contribution in [0.2, 0.25) is 5.02 Å². The highest BCUT2D eigenvalue weighted by Crippen LogP contribution is 2.35. The van der Waals surface area contributed by atoms with E-state index >= 15 is 0 Å². The van der Waals surface area contributed by atoms with Crippen LogP contribution in [0.15, 0.2) is 74.7 Å². The lowest BCUT2D eigenvalue weighted by Crippen LogP contribution is -2.19.